The summed E-state index contributed by atoms with van der Waals surface area (Å²) in [5.74, 6) is 0.153. The van der Waals surface area contributed by atoms with Crippen molar-refractivity contribution in [1.29, 1.82) is 0 Å². The summed E-state index contributed by atoms with van der Waals surface area (Å²) in [4.78, 5) is 2.83. The van der Waals surface area contributed by atoms with Gasteiger partial charge in [-0.2, -0.15) is 0 Å². The second-order valence-corrected chi connectivity index (χ2v) is 8.29. The van der Waals surface area contributed by atoms with Gasteiger partial charge in [-0.1, -0.05) is 35.7 Å². The summed E-state index contributed by atoms with van der Waals surface area (Å²) in [7, 11) is -3.10. The molecule has 0 heterocycles. The van der Waals surface area contributed by atoms with Crippen LogP contribution < -0.4 is 4.90 Å². The molecule has 0 aliphatic heterocycles. The van der Waals surface area contributed by atoms with E-state index in [1.165, 1.54) is 25.7 Å². The van der Waals surface area contributed by atoms with Crippen LogP contribution in [0.4, 0.5) is 5.69 Å². The lowest BCUT2D eigenvalue weighted by Gasteiger charge is -2.30. The molecule has 1 fully saturated rings. The smallest absolute Gasteiger partial charge is 0.178 e. The van der Waals surface area contributed by atoms with Crippen LogP contribution in [-0.4, -0.2) is 32.1 Å². The highest BCUT2D eigenvalue weighted by Crippen LogP contribution is 2.29. The van der Waals surface area contributed by atoms with Crippen LogP contribution in [0.5, 0.6) is 0 Å². The van der Waals surface area contributed by atoms with Gasteiger partial charge in [0.05, 0.1) is 10.6 Å². The van der Waals surface area contributed by atoms with Gasteiger partial charge in [-0.25, -0.2) is 8.42 Å². The topological polar surface area (TPSA) is 37.4 Å². The van der Waals surface area contributed by atoms with Crippen molar-refractivity contribution >= 4 is 31.5 Å². The number of alkyl halides is 1. The molecule has 0 unspecified atom stereocenters. The first kappa shape index (κ1) is 15.8. The second-order valence-electron chi connectivity index (χ2n) is 5.22. The van der Waals surface area contributed by atoms with Crippen LogP contribution >= 0.6 is 15.9 Å². The molecule has 0 amide bonds. The lowest BCUT2D eigenvalue weighted by molar-refractivity contribution is 0.597. The Balaban J connectivity index is 2.21. The highest BCUT2D eigenvalue weighted by Gasteiger charge is 2.22. The molecule has 3 nitrogen and oxygen atoms in total. The van der Waals surface area contributed by atoms with Gasteiger partial charge >= 0.3 is 0 Å². The molecule has 2 rings (SSSR count). The maximum absolute atomic E-state index is 11.8. The van der Waals surface area contributed by atoms with Crippen molar-refractivity contribution in [3.05, 3.63) is 24.3 Å². The zero-order chi connectivity index (χ0) is 14.6. The standard InChI is InChI=1S/C15H22BrNO2S/c1-2-20(18,19)15-9-7-14(8-10-15)17(12-11-16)13-5-3-4-6-13/h7-10,13H,2-6,11-12H2,1H3. The van der Waals surface area contributed by atoms with Gasteiger partial charge in [-0.3, -0.25) is 0 Å². The molecule has 1 aliphatic rings. The van der Waals surface area contributed by atoms with Crippen molar-refractivity contribution in [1.82, 2.24) is 0 Å². The molecule has 1 aromatic rings. The summed E-state index contributed by atoms with van der Waals surface area (Å²) >= 11 is 3.51. The normalized spacial score (nSPS) is 16.5. The number of benzene rings is 1. The summed E-state index contributed by atoms with van der Waals surface area (Å²) in [6.45, 7) is 2.64. The Morgan fingerprint density at radius 1 is 1.20 bits per heavy atom. The van der Waals surface area contributed by atoms with Gasteiger partial charge in [0.15, 0.2) is 9.84 Å². The molecular formula is C15H22BrNO2S. The summed E-state index contributed by atoms with van der Waals surface area (Å²) in [5.41, 5.74) is 1.13. The molecule has 0 bridgehead atoms. The molecule has 20 heavy (non-hydrogen) atoms. The van der Waals surface area contributed by atoms with Gasteiger partial charge in [0.25, 0.3) is 0 Å². The Bertz CT molecular complexity index is 521. The molecule has 1 saturated carbocycles. The predicted octanol–water partition coefficient (Wildman–Crippen LogP) is 3.62. The van der Waals surface area contributed by atoms with Crippen LogP contribution in [0.3, 0.4) is 0 Å². The lowest BCUT2D eigenvalue weighted by atomic mass is 10.2. The Kier molecular flexibility index (Phi) is 5.49. The fourth-order valence-corrected chi connectivity index (χ4v) is 4.11. The van der Waals surface area contributed by atoms with Crippen molar-refractivity contribution in [2.24, 2.45) is 0 Å². The molecule has 0 radical (unpaired) electrons. The van der Waals surface area contributed by atoms with Crippen molar-refractivity contribution in [3.63, 3.8) is 0 Å². The van der Waals surface area contributed by atoms with Gasteiger partial charge in [0.1, 0.15) is 0 Å². The van der Waals surface area contributed by atoms with Crippen LogP contribution in [0.2, 0.25) is 0 Å². The van der Waals surface area contributed by atoms with Crippen LogP contribution in [0.25, 0.3) is 0 Å². The van der Waals surface area contributed by atoms with E-state index in [0.717, 1.165) is 17.6 Å². The molecule has 0 saturated heterocycles. The average Bonchev–Trinajstić information content (AvgIpc) is 2.99. The Morgan fingerprint density at radius 2 is 1.80 bits per heavy atom. The van der Waals surface area contributed by atoms with Crippen molar-refractivity contribution < 1.29 is 8.42 Å². The second kappa shape index (κ2) is 6.94. The third-order valence-corrected chi connectivity index (χ3v) is 6.10. The number of hydrogen-bond donors (Lipinski definition) is 0. The quantitative estimate of drug-likeness (QED) is 0.727. The molecule has 0 N–H and O–H groups in total. The highest BCUT2D eigenvalue weighted by molar-refractivity contribution is 9.09. The van der Waals surface area contributed by atoms with E-state index < -0.39 is 9.84 Å². The van der Waals surface area contributed by atoms with E-state index in [2.05, 4.69) is 20.8 Å². The fourth-order valence-electron chi connectivity index (χ4n) is 2.84. The summed E-state index contributed by atoms with van der Waals surface area (Å²) in [6, 6.07) is 7.98. The van der Waals surface area contributed by atoms with Crippen molar-refractivity contribution in [2.75, 3.05) is 22.5 Å². The van der Waals surface area contributed by atoms with E-state index in [4.69, 9.17) is 0 Å². The molecule has 1 aromatic carbocycles. The van der Waals surface area contributed by atoms with Crippen molar-refractivity contribution in [3.8, 4) is 0 Å². The molecule has 0 spiro atoms. The van der Waals surface area contributed by atoms with Gasteiger partial charge in [0.2, 0.25) is 0 Å². The number of sulfone groups is 1. The van der Waals surface area contributed by atoms with Gasteiger partial charge in [-0.05, 0) is 37.1 Å². The van der Waals surface area contributed by atoms with Crippen LogP contribution in [0, 0.1) is 0 Å². The Labute approximate surface area is 130 Å². The first-order valence-corrected chi connectivity index (χ1v) is 10.0. The molecule has 0 aromatic heterocycles. The van der Waals surface area contributed by atoms with Crippen LogP contribution in [-0.2, 0) is 9.84 Å². The first-order valence-electron chi connectivity index (χ1n) is 7.24. The number of nitrogens with zero attached hydrogens (tertiary/aromatic N) is 1. The minimum Gasteiger partial charge on any atom is -0.368 e. The number of hydrogen-bond acceptors (Lipinski definition) is 3. The highest BCUT2D eigenvalue weighted by atomic mass is 79.9. The maximum Gasteiger partial charge on any atom is 0.178 e. The minimum atomic E-state index is -3.10. The van der Waals surface area contributed by atoms with E-state index in [1.54, 1.807) is 19.1 Å². The van der Waals surface area contributed by atoms with Crippen molar-refractivity contribution in [2.45, 2.75) is 43.5 Å². The lowest BCUT2D eigenvalue weighted by Crippen LogP contribution is -2.34. The third kappa shape index (κ3) is 3.55. The molecule has 112 valence electrons. The van der Waals surface area contributed by atoms with E-state index in [-0.39, 0.29) is 5.75 Å². The summed E-state index contributed by atoms with van der Waals surface area (Å²) in [6.07, 6.45) is 5.07. The number of anilines is 1. The average molecular weight is 360 g/mol. The van der Waals surface area contributed by atoms with E-state index in [1.807, 2.05) is 12.1 Å². The third-order valence-electron chi connectivity index (χ3n) is 4.00. The number of halogens is 1. The monoisotopic (exact) mass is 359 g/mol. The van der Waals surface area contributed by atoms with Gasteiger partial charge in [0, 0.05) is 23.6 Å². The zero-order valence-corrected chi connectivity index (χ0v) is 14.3. The largest absolute Gasteiger partial charge is 0.368 e. The zero-order valence-electron chi connectivity index (χ0n) is 11.9. The number of rotatable bonds is 6. The Hall–Kier alpha value is -0.550. The van der Waals surface area contributed by atoms with E-state index in [9.17, 15) is 8.42 Å². The maximum atomic E-state index is 11.8. The van der Waals surface area contributed by atoms with E-state index in [0.29, 0.717) is 10.9 Å². The molecule has 1 aliphatic carbocycles. The predicted molar refractivity (Wildman–Crippen MR) is 87.6 cm³/mol. The summed E-state index contributed by atoms with van der Waals surface area (Å²) < 4.78 is 23.7. The summed E-state index contributed by atoms with van der Waals surface area (Å²) in [5, 5.41) is 0.929. The fraction of sp³-hybridized carbons (Fsp3) is 0.600. The minimum absolute atomic E-state index is 0.153. The molecule has 0 atom stereocenters. The Morgan fingerprint density at radius 3 is 2.30 bits per heavy atom. The first-order chi connectivity index (χ1) is 9.58. The van der Waals surface area contributed by atoms with Crippen LogP contribution in [0.15, 0.2) is 29.2 Å². The van der Waals surface area contributed by atoms with Gasteiger partial charge < -0.3 is 4.90 Å². The van der Waals surface area contributed by atoms with Crippen LogP contribution in [0.1, 0.15) is 32.6 Å². The molecular weight excluding hydrogens is 338 g/mol. The van der Waals surface area contributed by atoms with E-state index >= 15 is 0 Å². The van der Waals surface area contributed by atoms with Gasteiger partial charge in [-0.15, -0.1) is 0 Å². The molecule has 5 heteroatoms. The SMILES string of the molecule is CCS(=O)(=O)c1ccc(N(CCBr)C2CCCC2)cc1.